The van der Waals surface area contributed by atoms with E-state index in [9.17, 15) is 9.59 Å². The van der Waals surface area contributed by atoms with Crippen LogP contribution in [0.15, 0.2) is 48.5 Å². The first-order valence-corrected chi connectivity index (χ1v) is 8.88. The van der Waals surface area contributed by atoms with E-state index in [-0.39, 0.29) is 11.9 Å². The standard InChI is InChI=1S/C21H27N3O2/c1-15(2)12-23-21(26)24-14-18-8-5-7-17(11-18)13-22-20(25)19-9-4-6-16(3)10-19/h4-11,15H,12-14H2,1-3H3,(H,22,25)(H2,23,24,26). The van der Waals surface area contributed by atoms with E-state index in [1.165, 1.54) is 0 Å². The second kappa shape index (κ2) is 9.61. The van der Waals surface area contributed by atoms with Crippen molar-refractivity contribution < 1.29 is 9.59 Å². The Morgan fingerprint density at radius 3 is 2.19 bits per heavy atom. The van der Waals surface area contributed by atoms with Gasteiger partial charge in [-0.1, -0.05) is 55.8 Å². The molecule has 26 heavy (non-hydrogen) atoms. The van der Waals surface area contributed by atoms with Crippen LogP contribution in [0.4, 0.5) is 4.79 Å². The van der Waals surface area contributed by atoms with Crippen LogP contribution in [0.5, 0.6) is 0 Å². The molecule has 5 nitrogen and oxygen atoms in total. The number of hydrogen-bond donors (Lipinski definition) is 3. The van der Waals surface area contributed by atoms with E-state index in [2.05, 4.69) is 29.8 Å². The summed E-state index contributed by atoms with van der Waals surface area (Å²) in [6, 6.07) is 15.2. The van der Waals surface area contributed by atoms with Gasteiger partial charge in [-0.25, -0.2) is 4.79 Å². The summed E-state index contributed by atoms with van der Waals surface area (Å²) in [5.41, 5.74) is 3.70. The Morgan fingerprint density at radius 1 is 0.885 bits per heavy atom. The summed E-state index contributed by atoms with van der Waals surface area (Å²) in [7, 11) is 0. The van der Waals surface area contributed by atoms with Crippen molar-refractivity contribution in [1.82, 2.24) is 16.0 Å². The monoisotopic (exact) mass is 353 g/mol. The number of aryl methyl sites for hydroxylation is 1. The summed E-state index contributed by atoms with van der Waals surface area (Å²) >= 11 is 0. The molecule has 0 saturated carbocycles. The Bertz CT molecular complexity index is 756. The first-order chi connectivity index (χ1) is 12.4. The highest BCUT2D eigenvalue weighted by Crippen LogP contribution is 2.07. The van der Waals surface area contributed by atoms with Gasteiger partial charge in [0.05, 0.1) is 0 Å². The second-order valence-corrected chi connectivity index (χ2v) is 6.83. The van der Waals surface area contributed by atoms with Crippen molar-refractivity contribution in [3.05, 3.63) is 70.8 Å². The molecule has 0 aromatic heterocycles. The highest BCUT2D eigenvalue weighted by Gasteiger charge is 2.06. The number of rotatable bonds is 7. The Labute approximate surface area is 155 Å². The van der Waals surface area contributed by atoms with Gasteiger partial charge in [0.15, 0.2) is 0 Å². The zero-order valence-corrected chi connectivity index (χ0v) is 15.6. The zero-order valence-electron chi connectivity index (χ0n) is 15.6. The smallest absolute Gasteiger partial charge is 0.315 e. The van der Waals surface area contributed by atoms with E-state index < -0.39 is 0 Å². The van der Waals surface area contributed by atoms with Crippen LogP contribution in [0.3, 0.4) is 0 Å². The van der Waals surface area contributed by atoms with E-state index >= 15 is 0 Å². The van der Waals surface area contributed by atoms with Crippen LogP contribution < -0.4 is 16.0 Å². The highest BCUT2D eigenvalue weighted by molar-refractivity contribution is 5.94. The quantitative estimate of drug-likeness (QED) is 0.714. The van der Waals surface area contributed by atoms with E-state index in [4.69, 9.17) is 0 Å². The molecule has 0 aliphatic carbocycles. The van der Waals surface area contributed by atoms with Gasteiger partial charge in [-0.3, -0.25) is 4.79 Å². The Balaban J connectivity index is 1.84. The van der Waals surface area contributed by atoms with Gasteiger partial charge < -0.3 is 16.0 Å². The number of nitrogens with one attached hydrogen (secondary N) is 3. The third-order valence-corrected chi connectivity index (χ3v) is 3.85. The van der Waals surface area contributed by atoms with Crippen LogP contribution >= 0.6 is 0 Å². The normalized spacial score (nSPS) is 10.5. The second-order valence-electron chi connectivity index (χ2n) is 6.83. The van der Waals surface area contributed by atoms with Crippen molar-refractivity contribution in [1.29, 1.82) is 0 Å². The van der Waals surface area contributed by atoms with Gasteiger partial charge in [0.25, 0.3) is 5.91 Å². The molecule has 138 valence electrons. The molecule has 0 bridgehead atoms. The van der Waals surface area contributed by atoms with Crippen LogP contribution in [0.25, 0.3) is 0 Å². The van der Waals surface area contributed by atoms with E-state index in [0.29, 0.717) is 31.1 Å². The average molecular weight is 353 g/mol. The molecule has 0 unspecified atom stereocenters. The first kappa shape index (κ1) is 19.5. The molecule has 5 heteroatoms. The van der Waals surface area contributed by atoms with Crippen molar-refractivity contribution in [3.8, 4) is 0 Å². The molecule has 0 saturated heterocycles. The maximum atomic E-state index is 12.2. The maximum Gasteiger partial charge on any atom is 0.315 e. The summed E-state index contributed by atoms with van der Waals surface area (Å²) in [5, 5.41) is 8.59. The Hall–Kier alpha value is -2.82. The lowest BCUT2D eigenvalue weighted by atomic mass is 10.1. The van der Waals surface area contributed by atoms with Crippen molar-refractivity contribution in [2.45, 2.75) is 33.9 Å². The average Bonchev–Trinajstić information content (AvgIpc) is 2.63. The lowest BCUT2D eigenvalue weighted by Crippen LogP contribution is -2.37. The molecule has 0 atom stereocenters. The van der Waals surface area contributed by atoms with Gasteiger partial charge in [-0.2, -0.15) is 0 Å². The first-order valence-electron chi connectivity index (χ1n) is 8.88. The minimum absolute atomic E-state index is 0.0923. The van der Waals surface area contributed by atoms with Crippen molar-refractivity contribution in [2.24, 2.45) is 5.92 Å². The van der Waals surface area contributed by atoms with Gasteiger partial charge >= 0.3 is 6.03 Å². The molecular weight excluding hydrogens is 326 g/mol. The van der Waals surface area contributed by atoms with Crippen LogP contribution in [0, 0.1) is 12.8 Å². The van der Waals surface area contributed by atoms with Gasteiger partial charge in [0.2, 0.25) is 0 Å². The van der Waals surface area contributed by atoms with Crippen LogP contribution in [0.1, 0.15) is 40.9 Å². The molecule has 2 rings (SSSR count). The molecule has 0 aliphatic heterocycles. The number of amides is 3. The summed E-state index contributed by atoms with van der Waals surface area (Å²) in [6.45, 7) is 7.61. The zero-order chi connectivity index (χ0) is 18.9. The minimum Gasteiger partial charge on any atom is -0.348 e. The summed E-state index contributed by atoms with van der Waals surface area (Å²) in [5.74, 6) is 0.325. The molecule has 0 heterocycles. The number of carbonyl (C=O) groups excluding carboxylic acids is 2. The molecule has 3 amide bonds. The molecule has 0 radical (unpaired) electrons. The largest absolute Gasteiger partial charge is 0.348 e. The van der Waals surface area contributed by atoms with Gasteiger partial charge in [0, 0.05) is 25.2 Å². The van der Waals surface area contributed by atoms with E-state index in [1.807, 2.05) is 49.4 Å². The molecule has 2 aromatic rings. The third kappa shape index (κ3) is 6.59. The number of carbonyl (C=O) groups is 2. The predicted molar refractivity (Wildman–Crippen MR) is 104 cm³/mol. The predicted octanol–water partition coefficient (Wildman–Crippen LogP) is 3.38. The molecule has 0 fully saturated rings. The number of benzene rings is 2. The van der Waals surface area contributed by atoms with Crippen molar-refractivity contribution >= 4 is 11.9 Å². The molecular formula is C21H27N3O2. The molecule has 2 aromatic carbocycles. The lowest BCUT2D eigenvalue weighted by Gasteiger charge is -2.11. The minimum atomic E-state index is -0.170. The van der Waals surface area contributed by atoms with Gasteiger partial charge in [-0.15, -0.1) is 0 Å². The van der Waals surface area contributed by atoms with E-state index in [1.54, 1.807) is 6.07 Å². The number of urea groups is 1. The van der Waals surface area contributed by atoms with Crippen LogP contribution in [0.2, 0.25) is 0 Å². The fourth-order valence-corrected chi connectivity index (χ4v) is 2.46. The fourth-order valence-electron chi connectivity index (χ4n) is 2.46. The molecule has 3 N–H and O–H groups in total. The third-order valence-electron chi connectivity index (χ3n) is 3.85. The molecule has 0 aliphatic rings. The summed E-state index contributed by atoms with van der Waals surface area (Å²) < 4.78 is 0. The Morgan fingerprint density at radius 2 is 1.54 bits per heavy atom. The van der Waals surface area contributed by atoms with Crippen molar-refractivity contribution in [2.75, 3.05) is 6.54 Å². The Kier molecular flexibility index (Phi) is 7.21. The topological polar surface area (TPSA) is 70.2 Å². The lowest BCUT2D eigenvalue weighted by molar-refractivity contribution is 0.0951. The SMILES string of the molecule is Cc1cccc(C(=O)NCc2cccc(CNC(=O)NCC(C)C)c2)c1. The maximum absolute atomic E-state index is 12.2. The fraction of sp³-hybridized carbons (Fsp3) is 0.333. The van der Waals surface area contributed by atoms with E-state index in [0.717, 1.165) is 16.7 Å². The highest BCUT2D eigenvalue weighted by atomic mass is 16.2. The number of hydrogen-bond acceptors (Lipinski definition) is 2. The van der Waals surface area contributed by atoms with Crippen LogP contribution in [-0.4, -0.2) is 18.5 Å². The van der Waals surface area contributed by atoms with Gasteiger partial charge in [-0.05, 0) is 36.1 Å². The summed E-state index contributed by atoms with van der Waals surface area (Å²) in [4.78, 5) is 23.9. The van der Waals surface area contributed by atoms with Gasteiger partial charge in [0.1, 0.15) is 0 Å². The van der Waals surface area contributed by atoms with Crippen LogP contribution in [-0.2, 0) is 13.1 Å². The summed E-state index contributed by atoms with van der Waals surface area (Å²) in [6.07, 6.45) is 0. The van der Waals surface area contributed by atoms with Crippen molar-refractivity contribution in [3.63, 3.8) is 0 Å². The molecule has 0 spiro atoms.